The van der Waals surface area contributed by atoms with E-state index in [0.717, 1.165) is 11.6 Å². The molecule has 0 aliphatic rings. The van der Waals surface area contributed by atoms with Crippen LogP contribution in [0.4, 0.5) is 23.3 Å². The van der Waals surface area contributed by atoms with Gasteiger partial charge in [-0.3, -0.25) is 0 Å². The van der Waals surface area contributed by atoms with E-state index in [2.05, 4.69) is 40.5 Å². The average molecular weight is 822 g/mol. The van der Waals surface area contributed by atoms with Crippen molar-refractivity contribution in [3.05, 3.63) is 142 Å². The Bertz CT molecular complexity index is 2350. The van der Waals surface area contributed by atoms with E-state index in [9.17, 15) is 25.9 Å². The summed E-state index contributed by atoms with van der Waals surface area (Å²) in [6.07, 6.45) is 2.84. The van der Waals surface area contributed by atoms with E-state index >= 15 is 0 Å². The molecule has 0 radical (unpaired) electrons. The zero-order valence-corrected chi connectivity index (χ0v) is 35.7. The topological polar surface area (TPSA) is 216 Å². The van der Waals surface area contributed by atoms with E-state index < -0.39 is 30.0 Å². The number of hydrogen-bond acceptors (Lipinski definition) is 14. The van der Waals surface area contributed by atoms with Crippen LogP contribution in [0.5, 0.6) is 0 Å². The summed E-state index contributed by atoms with van der Waals surface area (Å²) >= 11 is 12.2. The van der Waals surface area contributed by atoms with Crippen LogP contribution in [0.1, 0.15) is 33.9 Å². The maximum Gasteiger partial charge on any atom is 1.00 e. The Kier molecular flexibility index (Phi) is 15.3. The normalized spacial score (nSPS) is 11.4. The first-order valence-electron chi connectivity index (χ1n) is 15.1. The number of nitrogens with one attached hydrogen (secondary N) is 2. The number of aromatic nitrogens is 6. The van der Waals surface area contributed by atoms with Crippen LogP contribution >= 0.6 is 23.2 Å². The third-order valence-corrected chi connectivity index (χ3v) is 9.36. The fraction of sp³-hybridized carbons (Fsp3) is 0.0588. The number of anilines is 4. The second-order valence-electron chi connectivity index (χ2n) is 11.0. The monoisotopic (exact) mass is 820 g/mol. The van der Waals surface area contributed by atoms with E-state index in [1.165, 1.54) is 36.4 Å². The van der Waals surface area contributed by atoms with Crippen molar-refractivity contribution in [2.24, 2.45) is 0 Å². The van der Waals surface area contributed by atoms with Gasteiger partial charge in [-0.15, -0.1) is 0 Å². The quantitative estimate of drug-likeness (QED) is 0.0946. The molecule has 0 aliphatic heterocycles. The van der Waals surface area contributed by atoms with Gasteiger partial charge in [0.15, 0.2) is 0 Å². The Hall–Kier alpha value is -3.36. The number of benzene rings is 4. The van der Waals surface area contributed by atoms with Gasteiger partial charge < -0.3 is 19.7 Å². The van der Waals surface area contributed by atoms with Crippen LogP contribution in [0.25, 0.3) is 12.2 Å². The number of hydrogen-bond donors (Lipinski definition) is 2. The number of halogens is 2. The Morgan fingerprint density at radius 2 is 1.02 bits per heavy atom. The molecule has 54 heavy (non-hydrogen) atoms. The maximum atomic E-state index is 12.3. The predicted molar refractivity (Wildman–Crippen MR) is 192 cm³/mol. The van der Waals surface area contributed by atoms with Gasteiger partial charge in [-0.05, 0) is 75.8 Å². The number of rotatable bonds is 12. The zero-order chi connectivity index (χ0) is 36.9. The zero-order valence-electron chi connectivity index (χ0n) is 28.5. The molecular formula is C34H24Cl2N8Na2O6S2. The average Bonchev–Trinajstić information content (AvgIpc) is 3.07. The molecule has 2 N–H and O–H groups in total. The molecule has 0 bridgehead atoms. The van der Waals surface area contributed by atoms with Crippen molar-refractivity contribution in [1.29, 1.82) is 0 Å². The first-order valence-corrected chi connectivity index (χ1v) is 18.7. The van der Waals surface area contributed by atoms with Crippen LogP contribution in [0.15, 0.2) is 107 Å². The van der Waals surface area contributed by atoms with Gasteiger partial charge in [-0.1, -0.05) is 78.9 Å². The largest absolute Gasteiger partial charge is 1.00 e. The van der Waals surface area contributed by atoms with Crippen molar-refractivity contribution in [2.75, 3.05) is 10.6 Å². The summed E-state index contributed by atoms with van der Waals surface area (Å²) in [4.78, 5) is 23.8. The van der Waals surface area contributed by atoms with Gasteiger partial charge >= 0.3 is 59.1 Å². The summed E-state index contributed by atoms with van der Waals surface area (Å²) in [5, 5.41) is 5.57. The minimum Gasteiger partial charge on any atom is -0.744 e. The Labute approximate surface area is 365 Å². The summed E-state index contributed by atoms with van der Waals surface area (Å²) in [6.45, 7) is 0. The van der Waals surface area contributed by atoms with E-state index in [4.69, 9.17) is 23.2 Å². The van der Waals surface area contributed by atoms with Crippen molar-refractivity contribution < 1.29 is 85.1 Å². The van der Waals surface area contributed by atoms with E-state index in [1.54, 1.807) is 30.3 Å². The van der Waals surface area contributed by atoms with Gasteiger partial charge in [0.05, 0.1) is 9.79 Å². The maximum absolute atomic E-state index is 12.3. The molecular weight excluding hydrogens is 797 g/mol. The minimum absolute atomic E-state index is 0. The second kappa shape index (κ2) is 19.0. The SMILES string of the molecule is O=S(=O)([O-])c1cc(Cc2nc(Cl)nc(Cc3ccccc3)n2)ccc1/C=C/c1ccc(Nc2nc(Cl)nc(Nc3ccccc3)n2)cc1S(=O)(=O)[O-].[Na+].[Na+]. The second-order valence-corrected chi connectivity index (χ2v) is 14.4. The van der Waals surface area contributed by atoms with E-state index in [0.29, 0.717) is 23.5 Å². The summed E-state index contributed by atoms with van der Waals surface area (Å²) in [5.74, 6) is 0.716. The molecule has 0 saturated carbocycles. The standard InChI is InChI=1S/C34H26Cl2N8O6S2.2Na/c35-31-40-29(18-21-7-3-1-4-8-21)39-30(41-31)19-22-11-12-23(27(17-22)51(45,46)47)13-14-24-15-16-26(20-28(24)52(48,49)50)38-34-43-32(36)42-33(44-34)37-25-9-5-2-6-10-25;;/h1-17,20H,18-19H2,(H,45,46,47)(H,48,49,50)(H2,37,38,42,43,44);;/q;2*+1/p-2/b14-13+;;. The first kappa shape index (κ1) is 43.4. The molecule has 0 amide bonds. The van der Waals surface area contributed by atoms with E-state index in [1.807, 2.05) is 36.4 Å². The minimum atomic E-state index is -5.06. The Balaban J connectivity index is 0.00000325. The number of nitrogens with zero attached hydrogens (tertiary/aromatic N) is 6. The molecule has 6 rings (SSSR count). The molecule has 0 atom stereocenters. The van der Waals surface area contributed by atoms with Crippen molar-refractivity contribution in [3.63, 3.8) is 0 Å². The third-order valence-electron chi connectivity index (χ3n) is 7.23. The molecule has 264 valence electrons. The molecule has 6 aromatic rings. The van der Waals surface area contributed by atoms with Crippen molar-refractivity contribution >= 4 is 78.9 Å². The van der Waals surface area contributed by atoms with Crippen LogP contribution in [0.3, 0.4) is 0 Å². The van der Waals surface area contributed by atoms with E-state index in [-0.39, 0.29) is 111 Å². The van der Waals surface area contributed by atoms with Crippen LogP contribution in [0.2, 0.25) is 10.6 Å². The van der Waals surface area contributed by atoms with Crippen molar-refractivity contribution in [2.45, 2.75) is 22.6 Å². The molecule has 0 aliphatic carbocycles. The van der Waals surface area contributed by atoms with Crippen LogP contribution in [-0.4, -0.2) is 55.8 Å². The molecule has 0 unspecified atom stereocenters. The third kappa shape index (κ3) is 12.1. The molecule has 2 aromatic heterocycles. The molecule has 14 nitrogen and oxygen atoms in total. The molecule has 2 heterocycles. The van der Waals surface area contributed by atoms with Crippen LogP contribution in [0, 0.1) is 0 Å². The fourth-order valence-electron chi connectivity index (χ4n) is 4.99. The molecule has 4 aromatic carbocycles. The molecule has 20 heteroatoms. The van der Waals surface area contributed by atoms with Gasteiger partial charge in [0.25, 0.3) is 0 Å². The summed E-state index contributed by atoms with van der Waals surface area (Å²) in [5.41, 5.74) is 2.01. The van der Waals surface area contributed by atoms with Gasteiger partial charge in [0, 0.05) is 24.2 Å². The number of para-hydroxylation sites is 1. The predicted octanol–water partition coefficient (Wildman–Crippen LogP) is 0.0188. The smallest absolute Gasteiger partial charge is 0.744 e. The van der Waals surface area contributed by atoms with Gasteiger partial charge in [-0.2, -0.15) is 15.0 Å². The van der Waals surface area contributed by atoms with Gasteiger partial charge in [-0.25, -0.2) is 31.8 Å². The summed E-state index contributed by atoms with van der Waals surface area (Å²) in [7, 11) is -10.1. The fourth-order valence-corrected chi connectivity index (χ4v) is 6.76. The molecule has 0 spiro atoms. The van der Waals surface area contributed by atoms with Gasteiger partial charge in [0.1, 0.15) is 31.9 Å². The Morgan fingerprint density at radius 1 is 0.537 bits per heavy atom. The van der Waals surface area contributed by atoms with Crippen molar-refractivity contribution in [3.8, 4) is 0 Å². The van der Waals surface area contributed by atoms with Gasteiger partial charge in [0.2, 0.25) is 22.5 Å². The van der Waals surface area contributed by atoms with Crippen molar-refractivity contribution in [1.82, 2.24) is 29.9 Å². The first-order chi connectivity index (χ1) is 24.8. The summed E-state index contributed by atoms with van der Waals surface area (Å²) < 4.78 is 74.0. The molecule has 0 fully saturated rings. The van der Waals surface area contributed by atoms with Crippen LogP contribution < -0.4 is 69.7 Å². The Morgan fingerprint density at radius 3 is 1.59 bits per heavy atom. The summed E-state index contributed by atoms with van der Waals surface area (Å²) in [6, 6.07) is 26.4. The molecule has 0 saturated heterocycles. The van der Waals surface area contributed by atoms with Crippen LogP contribution in [-0.2, 0) is 33.1 Å².